The van der Waals surface area contributed by atoms with Gasteiger partial charge in [-0.2, -0.15) is 0 Å². The molecular weight excluding hydrogens is 334 g/mol. The van der Waals surface area contributed by atoms with Crippen molar-refractivity contribution in [2.24, 2.45) is 0 Å². The number of nitrogens with one attached hydrogen (secondary N) is 1. The molecule has 1 aromatic carbocycles. The maximum absolute atomic E-state index is 11.6. The van der Waals surface area contributed by atoms with Gasteiger partial charge in [0, 0.05) is 13.2 Å². The number of carbonyl (C=O) groups excluding carboxylic acids is 2. The van der Waals surface area contributed by atoms with Gasteiger partial charge in [-0.3, -0.25) is 4.79 Å². The van der Waals surface area contributed by atoms with Gasteiger partial charge in [-0.25, -0.2) is 4.79 Å². The van der Waals surface area contributed by atoms with Crippen LogP contribution in [0.3, 0.4) is 0 Å². The lowest BCUT2D eigenvalue weighted by atomic mass is 10.2. The number of unbranched alkanes of at least 4 members (excludes halogenated alkanes) is 1. The van der Waals surface area contributed by atoms with E-state index in [0.29, 0.717) is 19.8 Å². The van der Waals surface area contributed by atoms with Gasteiger partial charge < -0.3 is 19.5 Å². The van der Waals surface area contributed by atoms with Crippen LogP contribution in [0, 0.1) is 0 Å². The summed E-state index contributed by atoms with van der Waals surface area (Å²) in [5, 5.41) is 2.71. The third kappa shape index (κ3) is 10.6. The number of hydrogen-bond acceptors (Lipinski definition) is 5. The molecule has 0 aliphatic heterocycles. The summed E-state index contributed by atoms with van der Waals surface area (Å²) in [6.07, 6.45) is 3.40. The second-order valence-electron chi connectivity index (χ2n) is 5.78. The van der Waals surface area contributed by atoms with Gasteiger partial charge in [0.25, 0.3) is 5.91 Å². The van der Waals surface area contributed by atoms with E-state index >= 15 is 0 Å². The predicted molar refractivity (Wildman–Crippen MR) is 99.8 cm³/mol. The van der Waals surface area contributed by atoms with Crippen LogP contribution < -0.4 is 5.32 Å². The van der Waals surface area contributed by atoms with Crippen LogP contribution in [0.1, 0.15) is 25.3 Å². The predicted octanol–water partition coefficient (Wildman–Crippen LogP) is 2.28. The second-order valence-corrected chi connectivity index (χ2v) is 5.78. The van der Waals surface area contributed by atoms with Gasteiger partial charge in [0.15, 0.2) is 12.7 Å². The van der Waals surface area contributed by atoms with Crippen LogP contribution in [-0.2, 0) is 30.2 Å². The van der Waals surface area contributed by atoms with Crippen molar-refractivity contribution in [2.75, 3.05) is 33.0 Å². The Labute approximate surface area is 155 Å². The van der Waals surface area contributed by atoms with Gasteiger partial charge in [0.05, 0.1) is 13.2 Å². The number of rotatable bonds is 14. The zero-order chi connectivity index (χ0) is 19.0. The highest BCUT2D eigenvalue weighted by atomic mass is 16.6. The van der Waals surface area contributed by atoms with E-state index in [1.807, 2.05) is 18.2 Å². The fourth-order valence-electron chi connectivity index (χ4n) is 2.08. The van der Waals surface area contributed by atoms with E-state index in [-0.39, 0.29) is 19.1 Å². The largest absolute Gasteiger partial charge is 0.454 e. The van der Waals surface area contributed by atoms with E-state index in [2.05, 4.69) is 24.0 Å². The Balaban J connectivity index is 1.94. The highest BCUT2D eigenvalue weighted by molar-refractivity contribution is 5.81. The minimum Gasteiger partial charge on any atom is -0.454 e. The molecular formula is C20H29NO5. The average Bonchev–Trinajstić information content (AvgIpc) is 2.66. The molecule has 0 fully saturated rings. The number of hydrogen-bond donors (Lipinski definition) is 1. The fourth-order valence-corrected chi connectivity index (χ4v) is 2.08. The second kappa shape index (κ2) is 14.0. The molecule has 0 bridgehead atoms. The first kappa shape index (κ1) is 21.9. The fraction of sp³-hybridized carbons (Fsp3) is 0.500. The minimum absolute atomic E-state index is 0.260. The zero-order valence-electron chi connectivity index (χ0n) is 15.4. The summed E-state index contributed by atoms with van der Waals surface area (Å²) < 4.78 is 15.6. The molecule has 0 aliphatic rings. The first-order valence-electron chi connectivity index (χ1n) is 8.91. The van der Waals surface area contributed by atoms with Crippen molar-refractivity contribution in [3.05, 3.63) is 48.6 Å². The molecule has 0 radical (unpaired) electrons. The van der Waals surface area contributed by atoms with E-state index in [4.69, 9.17) is 14.2 Å². The molecule has 0 aromatic heterocycles. The van der Waals surface area contributed by atoms with Crippen molar-refractivity contribution in [2.45, 2.75) is 32.3 Å². The lowest BCUT2D eigenvalue weighted by molar-refractivity contribution is -0.158. The number of amides is 1. The molecule has 144 valence electrons. The van der Waals surface area contributed by atoms with E-state index in [1.165, 1.54) is 5.56 Å². The Bertz CT molecular complexity index is 532. The third-order valence-electron chi connectivity index (χ3n) is 3.56. The molecule has 0 heterocycles. The van der Waals surface area contributed by atoms with Crippen molar-refractivity contribution in [1.82, 2.24) is 5.32 Å². The molecule has 1 amide bonds. The highest BCUT2D eigenvalue weighted by Crippen LogP contribution is 2.00. The van der Waals surface area contributed by atoms with Crippen LogP contribution in [0.15, 0.2) is 43.0 Å². The Morgan fingerprint density at radius 1 is 1.19 bits per heavy atom. The summed E-state index contributed by atoms with van der Waals surface area (Å²) in [6, 6.07) is 10.2. The van der Waals surface area contributed by atoms with E-state index in [0.717, 1.165) is 19.3 Å². The molecule has 26 heavy (non-hydrogen) atoms. The number of carbonyl (C=O) groups is 2. The quantitative estimate of drug-likeness (QED) is 0.312. The SMILES string of the molecule is C=CCOC(C)C(=O)OCC(=O)NCCCCOCCc1ccccc1. The summed E-state index contributed by atoms with van der Waals surface area (Å²) >= 11 is 0. The third-order valence-corrected chi connectivity index (χ3v) is 3.56. The molecule has 1 N–H and O–H groups in total. The molecule has 1 aromatic rings. The van der Waals surface area contributed by atoms with Crippen LogP contribution in [-0.4, -0.2) is 51.0 Å². The molecule has 1 atom stereocenters. The Morgan fingerprint density at radius 3 is 2.69 bits per heavy atom. The van der Waals surface area contributed by atoms with Crippen molar-refractivity contribution in [1.29, 1.82) is 0 Å². The normalized spacial score (nSPS) is 11.6. The van der Waals surface area contributed by atoms with Gasteiger partial charge in [-0.1, -0.05) is 36.4 Å². The van der Waals surface area contributed by atoms with Gasteiger partial charge in [0.2, 0.25) is 0 Å². The topological polar surface area (TPSA) is 73.9 Å². The summed E-state index contributed by atoms with van der Waals surface area (Å²) in [5.74, 6) is -0.881. The lowest BCUT2D eigenvalue weighted by Crippen LogP contribution is -2.32. The summed E-state index contributed by atoms with van der Waals surface area (Å²) in [5.41, 5.74) is 1.26. The van der Waals surface area contributed by atoms with Crippen LogP contribution in [0.5, 0.6) is 0 Å². The number of ether oxygens (including phenoxy) is 3. The van der Waals surface area contributed by atoms with Crippen LogP contribution >= 0.6 is 0 Å². The molecule has 0 saturated carbocycles. The van der Waals surface area contributed by atoms with Gasteiger partial charge in [-0.15, -0.1) is 6.58 Å². The van der Waals surface area contributed by atoms with Crippen LogP contribution in [0.25, 0.3) is 0 Å². The highest BCUT2D eigenvalue weighted by Gasteiger charge is 2.15. The Kier molecular flexibility index (Phi) is 11.8. The van der Waals surface area contributed by atoms with Gasteiger partial charge in [-0.05, 0) is 31.7 Å². The first-order valence-corrected chi connectivity index (χ1v) is 8.91. The summed E-state index contributed by atoms with van der Waals surface area (Å²) in [7, 11) is 0. The lowest BCUT2D eigenvalue weighted by Gasteiger charge is -2.11. The molecule has 6 nitrogen and oxygen atoms in total. The zero-order valence-corrected chi connectivity index (χ0v) is 15.4. The van der Waals surface area contributed by atoms with E-state index < -0.39 is 12.1 Å². The smallest absolute Gasteiger partial charge is 0.335 e. The van der Waals surface area contributed by atoms with Gasteiger partial charge >= 0.3 is 5.97 Å². The van der Waals surface area contributed by atoms with Crippen LogP contribution in [0.4, 0.5) is 0 Å². The number of esters is 1. The van der Waals surface area contributed by atoms with Crippen LogP contribution in [0.2, 0.25) is 0 Å². The average molecular weight is 363 g/mol. The van der Waals surface area contributed by atoms with Gasteiger partial charge in [0.1, 0.15) is 0 Å². The Morgan fingerprint density at radius 2 is 1.96 bits per heavy atom. The molecule has 1 unspecified atom stereocenters. The first-order chi connectivity index (χ1) is 12.6. The van der Waals surface area contributed by atoms with Crippen molar-refractivity contribution < 1.29 is 23.8 Å². The standard InChI is InChI=1S/C20H29NO5/c1-3-13-25-17(2)20(23)26-16-19(22)21-12-7-8-14-24-15-11-18-9-5-4-6-10-18/h3-6,9-10,17H,1,7-8,11-16H2,2H3,(H,21,22). The number of benzene rings is 1. The molecule has 0 aliphatic carbocycles. The summed E-state index contributed by atoms with van der Waals surface area (Å²) in [4.78, 5) is 23.2. The van der Waals surface area contributed by atoms with E-state index in [9.17, 15) is 9.59 Å². The van der Waals surface area contributed by atoms with Crippen molar-refractivity contribution >= 4 is 11.9 Å². The maximum Gasteiger partial charge on any atom is 0.335 e. The maximum atomic E-state index is 11.6. The van der Waals surface area contributed by atoms with E-state index in [1.54, 1.807) is 13.0 Å². The monoisotopic (exact) mass is 363 g/mol. The summed E-state index contributed by atoms with van der Waals surface area (Å²) in [6.45, 7) is 6.91. The minimum atomic E-state index is -0.714. The molecule has 6 heteroatoms. The molecule has 1 rings (SSSR count). The molecule has 0 spiro atoms. The Hall–Kier alpha value is -2.18. The van der Waals surface area contributed by atoms with Crippen molar-refractivity contribution in [3.63, 3.8) is 0 Å². The van der Waals surface area contributed by atoms with Crippen molar-refractivity contribution in [3.8, 4) is 0 Å². The molecule has 0 saturated heterocycles.